The van der Waals surface area contributed by atoms with Gasteiger partial charge in [-0.15, -0.1) is 0 Å². The minimum Gasteiger partial charge on any atom is -0.478 e. The Morgan fingerprint density at radius 2 is 2.15 bits per heavy atom. The molecule has 20 heavy (non-hydrogen) atoms. The van der Waals surface area contributed by atoms with E-state index in [1.165, 1.54) is 18.3 Å². The molecule has 0 unspecified atom stereocenters. The molecule has 0 fully saturated rings. The van der Waals surface area contributed by atoms with Gasteiger partial charge in [-0.2, -0.15) is 0 Å². The van der Waals surface area contributed by atoms with E-state index in [0.717, 1.165) is 0 Å². The molecule has 0 radical (unpaired) electrons. The summed E-state index contributed by atoms with van der Waals surface area (Å²) in [6.45, 7) is 0.183. The number of nitrogens with one attached hydrogen (secondary N) is 2. The Morgan fingerprint density at radius 3 is 2.80 bits per heavy atom. The van der Waals surface area contributed by atoms with Crippen molar-refractivity contribution in [2.24, 2.45) is 0 Å². The Balaban J connectivity index is 2.00. The predicted octanol–water partition coefficient (Wildman–Crippen LogP) is 2.46. The normalized spacial score (nSPS) is 10.1. The minimum atomic E-state index is -1.07. The van der Waals surface area contributed by atoms with Crippen LogP contribution >= 0.6 is 15.9 Å². The summed E-state index contributed by atoms with van der Waals surface area (Å²) in [5, 5.41) is 17.5. The molecule has 7 nitrogen and oxygen atoms in total. The number of aromatic carboxylic acids is 1. The summed E-state index contributed by atoms with van der Waals surface area (Å²) >= 11 is 3.23. The fourth-order valence-electron chi connectivity index (χ4n) is 1.42. The Hall–Kier alpha value is -2.35. The Labute approximate surface area is 122 Å². The van der Waals surface area contributed by atoms with Crippen LogP contribution in [-0.2, 0) is 6.54 Å². The van der Waals surface area contributed by atoms with Crippen molar-refractivity contribution in [3.63, 3.8) is 0 Å². The van der Waals surface area contributed by atoms with Crippen molar-refractivity contribution >= 4 is 33.6 Å². The molecule has 0 atom stereocenters. The largest absolute Gasteiger partial charge is 0.478 e. The molecule has 1 heterocycles. The number of nitrogens with zero attached hydrogens (tertiary/aromatic N) is 1. The number of halogens is 1. The van der Waals surface area contributed by atoms with Crippen LogP contribution in [0.1, 0.15) is 16.1 Å². The van der Waals surface area contributed by atoms with Gasteiger partial charge in [0.2, 0.25) is 0 Å². The lowest BCUT2D eigenvalue weighted by molar-refractivity contribution is 0.0697. The number of rotatable bonds is 4. The maximum atomic E-state index is 11.7. The van der Waals surface area contributed by atoms with Gasteiger partial charge < -0.3 is 20.3 Å². The molecular weight excluding hydrogens is 330 g/mol. The third-order valence-electron chi connectivity index (χ3n) is 2.38. The van der Waals surface area contributed by atoms with E-state index >= 15 is 0 Å². The highest BCUT2D eigenvalue weighted by atomic mass is 79.9. The van der Waals surface area contributed by atoms with Gasteiger partial charge in [-0.05, 0) is 34.1 Å². The van der Waals surface area contributed by atoms with Gasteiger partial charge in [0.25, 0.3) is 0 Å². The van der Waals surface area contributed by atoms with E-state index in [0.29, 0.717) is 15.9 Å². The second-order valence-electron chi connectivity index (χ2n) is 3.79. The number of benzene rings is 1. The first-order valence-electron chi connectivity index (χ1n) is 5.53. The first kappa shape index (κ1) is 14.1. The molecule has 2 amide bonds. The summed E-state index contributed by atoms with van der Waals surface area (Å²) in [4.78, 5) is 22.6. The third kappa shape index (κ3) is 3.58. The van der Waals surface area contributed by atoms with Crippen molar-refractivity contribution in [1.29, 1.82) is 0 Å². The van der Waals surface area contributed by atoms with Crippen LogP contribution < -0.4 is 10.6 Å². The smallest absolute Gasteiger partial charge is 0.335 e. The summed E-state index contributed by atoms with van der Waals surface area (Å²) in [6.07, 6.45) is 1.47. The van der Waals surface area contributed by atoms with Gasteiger partial charge in [0, 0.05) is 10.5 Å². The number of anilines is 1. The molecular formula is C12H10BrN3O4. The first-order valence-corrected chi connectivity index (χ1v) is 6.33. The van der Waals surface area contributed by atoms with Gasteiger partial charge >= 0.3 is 12.0 Å². The monoisotopic (exact) mass is 339 g/mol. The molecule has 8 heteroatoms. The number of carbonyl (C=O) groups is 2. The number of hydrogen-bond acceptors (Lipinski definition) is 4. The highest BCUT2D eigenvalue weighted by Crippen LogP contribution is 2.23. The summed E-state index contributed by atoms with van der Waals surface area (Å²) in [5.41, 5.74) is 0.443. The summed E-state index contributed by atoms with van der Waals surface area (Å²) in [6, 6.07) is 5.49. The SMILES string of the molecule is O=C(NCc1ccno1)Nc1cc(C(=O)O)ccc1Br. The molecule has 0 spiro atoms. The standard InChI is InChI=1S/C12H10BrN3O4/c13-9-2-1-7(11(17)18)5-10(9)16-12(19)14-6-8-3-4-15-20-8/h1-5H,6H2,(H,17,18)(H2,14,16,19). The van der Waals surface area contributed by atoms with Gasteiger partial charge in [-0.25, -0.2) is 9.59 Å². The van der Waals surface area contributed by atoms with Gasteiger partial charge in [0.05, 0.1) is 24.0 Å². The first-order chi connectivity index (χ1) is 9.56. The highest BCUT2D eigenvalue weighted by molar-refractivity contribution is 9.10. The topological polar surface area (TPSA) is 104 Å². The lowest BCUT2D eigenvalue weighted by Crippen LogP contribution is -2.28. The zero-order chi connectivity index (χ0) is 14.5. The number of urea groups is 1. The van der Waals surface area contributed by atoms with Crippen molar-refractivity contribution < 1.29 is 19.2 Å². The molecule has 2 rings (SSSR count). The third-order valence-corrected chi connectivity index (χ3v) is 3.07. The van der Waals surface area contributed by atoms with Crippen molar-refractivity contribution in [2.45, 2.75) is 6.54 Å². The average molecular weight is 340 g/mol. The van der Waals surface area contributed by atoms with Crippen LogP contribution in [-0.4, -0.2) is 22.3 Å². The number of amides is 2. The molecule has 0 saturated heterocycles. The molecule has 104 valence electrons. The molecule has 0 saturated carbocycles. The van der Waals surface area contributed by atoms with Gasteiger partial charge in [0.1, 0.15) is 0 Å². The molecule has 1 aromatic heterocycles. The number of carboxylic acids is 1. The van der Waals surface area contributed by atoms with Crippen molar-refractivity contribution in [3.05, 3.63) is 46.3 Å². The van der Waals surface area contributed by atoms with E-state index < -0.39 is 12.0 Å². The molecule has 0 aliphatic heterocycles. The number of aromatic nitrogens is 1. The van der Waals surface area contributed by atoms with Crippen LogP contribution in [0.3, 0.4) is 0 Å². The fraction of sp³-hybridized carbons (Fsp3) is 0.0833. The fourth-order valence-corrected chi connectivity index (χ4v) is 1.77. The molecule has 0 aliphatic rings. The zero-order valence-corrected chi connectivity index (χ0v) is 11.7. The molecule has 1 aromatic carbocycles. The minimum absolute atomic E-state index is 0.0822. The average Bonchev–Trinajstić information content (AvgIpc) is 2.92. The van der Waals surface area contributed by atoms with Crippen LogP contribution in [0.25, 0.3) is 0 Å². The van der Waals surface area contributed by atoms with Crippen molar-refractivity contribution in [2.75, 3.05) is 5.32 Å². The summed E-state index contributed by atoms with van der Waals surface area (Å²) < 4.78 is 5.41. The van der Waals surface area contributed by atoms with Crippen molar-refractivity contribution in [1.82, 2.24) is 10.5 Å². The Morgan fingerprint density at radius 1 is 1.35 bits per heavy atom. The number of hydrogen-bond donors (Lipinski definition) is 3. The lowest BCUT2D eigenvalue weighted by Gasteiger charge is -2.09. The van der Waals surface area contributed by atoms with Crippen LogP contribution in [0.15, 0.2) is 39.5 Å². The molecule has 0 aliphatic carbocycles. The molecule has 0 bridgehead atoms. The van der Waals surface area contributed by atoms with E-state index in [-0.39, 0.29) is 12.1 Å². The second kappa shape index (κ2) is 6.20. The summed E-state index contributed by atoms with van der Waals surface area (Å²) in [5.74, 6) is -0.555. The zero-order valence-electron chi connectivity index (χ0n) is 10.1. The Bertz CT molecular complexity index is 628. The maximum Gasteiger partial charge on any atom is 0.335 e. The van der Waals surface area contributed by atoms with E-state index in [1.807, 2.05) is 0 Å². The van der Waals surface area contributed by atoms with Crippen molar-refractivity contribution in [3.8, 4) is 0 Å². The van der Waals surface area contributed by atoms with Crippen LogP contribution in [0.2, 0.25) is 0 Å². The number of carbonyl (C=O) groups excluding carboxylic acids is 1. The van der Waals surface area contributed by atoms with Crippen LogP contribution in [0, 0.1) is 0 Å². The maximum absolute atomic E-state index is 11.7. The van der Waals surface area contributed by atoms with E-state index in [1.54, 1.807) is 12.1 Å². The predicted molar refractivity (Wildman–Crippen MR) is 73.5 cm³/mol. The van der Waals surface area contributed by atoms with Gasteiger partial charge in [0.15, 0.2) is 5.76 Å². The second-order valence-corrected chi connectivity index (χ2v) is 4.64. The number of carboxylic acid groups (broad SMARTS) is 1. The molecule has 2 aromatic rings. The van der Waals surface area contributed by atoms with Crippen LogP contribution in [0.4, 0.5) is 10.5 Å². The van der Waals surface area contributed by atoms with E-state index in [4.69, 9.17) is 9.63 Å². The lowest BCUT2D eigenvalue weighted by atomic mass is 10.2. The van der Waals surface area contributed by atoms with Gasteiger partial charge in [-0.1, -0.05) is 5.16 Å². The van der Waals surface area contributed by atoms with E-state index in [2.05, 4.69) is 31.7 Å². The Kier molecular flexibility index (Phi) is 4.36. The highest BCUT2D eigenvalue weighted by Gasteiger charge is 2.10. The van der Waals surface area contributed by atoms with Crippen LogP contribution in [0.5, 0.6) is 0 Å². The van der Waals surface area contributed by atoms with Gasteiger partial charge in [-0.3, -0.25) is 0 Å². The molecule has 3 N–H and O–H groups in total. The van der Waals surface area contributed by atoms with E-state index in [9.17, 15) is 9.59 Å². The summed E-state index contributed by atoms with van der Waals surface area (Å²) in [7, 11) is 0. The quantitative estimate of drug-likeness (QED) is 0.793.